The predicted octanol–water partition coefficient (Wildman–Crippen LogP) is 3.57. The summed E-state index contributed by atoms with van der Waals surface area (Å²) in [7, 11) is 0. The first-order chi connectivity index (χ1) is 9.41. The minimum Gasteiger partial charge on any atom is -0.377 e. The molecule has 1 aliphatic rings. The lowest BCUT2D eigenvalue weighted by Crippen LogP contribution is -2.61. The van der Waals surface area contributed by atoms with E-state index in [1.54, 1.807) is 0 Å². The van der Waals surface area contributed by atoms with E-state index in [4.69, 9.17) is 4.74 Å². The van der Waals surface area contributed by atoms with Crippen LogP contribution in [0.3, 0.4) is 0 Å². The van der Waals surface area contributed by atoms with Gasteiger partial charge in [-0.2, -0.15) is 0 Å². The normalized spacial score (nSPS) is 26.3. The molecule has 1 N–H and O–H groups in total. The van der Waals surface area contributed by atoms with Crippen molar-refractivity contribution in [2.24, 2.45) is 11.3 Å². The second-order valence-corrected chi connectivity index (χ2v) is 6.97. The average Bonchev–Trinajstić information content (AvgIpc) is 2.42. The number of nitrogens with one attached hydrogen (secondary N) is 1. The zero-order chi connectivity index (χ0) is 14.8. The number of aromatic nitrogens is 1. The van der Waals surface area contributed by atoms with Gasteiger partial charge in [0.15, 0.2) is 0 Å². The summed E-state index contributed by atoms with van der Waals surface area (Å²) in [5.41, 5.74) is 1.30. The lowest BCUT2D eigenvalue weighted by molar-refractivity contribution is -0.125. The molecule has 0 amide bonds. The highest BCUT2D eigenvalue weighted by Gasteiger charge is 2.49. The Balaban J connectivity index is 1.86. The smallest absolute Gasteiger partial charge is 0.0656 e. The number of ether oxygens (including phenoxy) is 1. The number of hydrogen-bond donors (Lipinski definition) is 1. The molecule has 112 valence electrons. The van der Waals surface area contributed by atoms with Gasteiger partial charge in [-0.05, 0) is 31.4 Å². The summed E-state index contributed by atoms with van der Waals surface area (Å²) in [5.74, 6) is 0.602. The molecule has 1 aromatic heterocycles. The third-order valence-electron chi connectivity index (χ3n) is 4.39. The Morgan fingerprint density at radius 1 is 1.35 bits per heavy atom. The van der Waals surface area contributed by atoms with Crippen LogP contribution in [0.15, 0.2) is 24.4 Å². The Morgan fingerprint density at radius 3 is 2.65 bits per heavy atom. The first kappa shape index (κ1) is 15.5. The van der Waals surface area contributed by atoms with Crippen LogP contribution >= 0.6 is 0 Å². The van der Waals surface area contributed by atoms with Crippen molar-refractivity contribution in [2.45, 2.75) is 59.2 Å². The minimum atomic E-state index is 0.192. The monoisotopic (exact) mass is 276 g/mol. The van der Waals surface area contributed by atoms with E-state index in [2.05, 4.69) is 51.0 Å². The Bertz CT molecular complexity index is 416. The van der Waals surface area contributed by atoms with E-state index < -0.39 is 0 Å². The van der Waals surface area contributed by atoms with Crippen molar-refractivity contribution in [1.29, 1.82) is 0 Å². The zero-order valence-electron chi connectivity index (χ0n) is 13.4. The number of nitrogens with zero attached hydrogens (tertiary/aromatic N) is 1. The second kappa shape index (κ2) is 6.23. The van der Waals surface area contributed by atoms with Crippen molar-refractivity contribution in [3.63, 3.8) is 0 Å². The van der Waals surface area contributed by atoms with Crippen LogP contribution in [0.25, 0.3) is 0 Å². The van der Waals surface area contributed by atoms with E-state index in [1.807, 2.05) is 18.3 Å². The van der Waals surface area contributed by atoms with Crippen LogP contribution in [0.1, 0.15) is 52.8 Å². The molecule has 2 unspecified atom stereocenters. The number of rotatable bonds is 6. The fraction of sp³-hybridized carbons (Fsp3) is 0.706. The molecule has 0 aliphatic heterocycles. The first-order valence-electron chi connectivity index (χ1n) is 7.70. The molecule has 1 aromatic rings. The van der Waals surface area contributed by atoms with Gasteiger partial charge in [-0.25, -0.2) is 0 Å². The molecule has 0 aromatic carbocycles. The number of pyridine rings is 1. The van der Waals surface area contributed by atoms with Crippen molar-refractivity contribution in [2.75, 3.05) is 6.61 Å². The fourth-order valence-corrected chi connectivity index (χ4v) is 2.78. The molecule has 0 saturated heterocycles. The van der Waals surface area contributed by atoms with Gasteiger partial charge in [0.05, 0.1) is 11.8 Å². The maximum atomic E-state index is 6.02. The Labute approximate surface area is 123 Å². The molecule has 0 bridgehead atoms. The summed E-state index contributed by atoms with van der Waals surface area (Å²) in [4.78, 5) is 4.42. The van der Waals surface area contributed by atoms with Crippen LogP contribution in [-0.2, 0) is 4.74 Å². The third kappa shape index (κ3) is 3.39. The maximum absolute atomic E-state index is 6.02. The number of hydrogen-bond acceptors (Lipinski definition) is 3. The lowest BCUT2D eigenvalue weighted by Gasteiger charge is -2.53. The second-order valence-electron chi connectivity index (χ2n) is 6.97. The van der Waals surface area contributed by atoms with Crippen molar-refractivity contribution in [3.8, 4) is 0 Å². The summed E-state index contributed by atoms with van der Waals surface area (Å²) in [6, 6.07) is 6.86. The summed E-state index contributed by atoms with van der Waals surface area (Å²) in [5, 5.41) is 3.70. The van der Waals surface area contributed by atoms with Gasteiger partial charge >= 0.3 is 0 Å². The Morgan fingerprint density at radius 2 is 2.10 bits per heavy atom. The van der Waals surface area contributed by atoms with E-state index in [0.717, 1.165) is 18.7 Å². The van der Waals surface area contributed by atoms with Crippen LogP contribution in [0.2, 0.25) is 0 Å². The minimum absolute atomic E-state index is 0.192. The van der Waals surface area contributed by atoms with Gasteiger partial charge in [-0.3, -0.25) is 4.98 Å². The largest absolute Gasteiger partial charge is 0.377 e. The average molecular weight is 276 g/mol. The quantitative estimate of drug-likeness (QED) is 0.862. The van der Waals surface area contributed by atoms with Gasteiger partial charge in [-0.15, -0.1) is 0 Å². The Kier molecular flexibility index (Phi) is 4.82. The van der Waals surface area contributed by atoms with Gasteiger partial charge in [0.2, 0.25) is 0 Å². The van der Waals surface area contributed by atoms with Gasteiger partial charge in [-0.1, -0.05) is 33.8 Å². The molecule has 2 rings (SSSR count). The molecule has 3 heteroatoms. The molecule has 1 heterocycles. The van der Waals surface area contributed by atoms with E-state index >= 15 is 0 Å². The molecule has 0 spiro atoms. The molecular weight excluding hydrogens is 248 g/mol. The lowest BCUT2D eigenvalue weighted by atomic mass is 9.64. The van der Waals surface area contributed by atoms with Crippen LogP contribution < -0.4 is 5.32 Å². The van der Waals surface area contributed by atoms with Crippen molar-refractivity contribution < 1.29 is 4.74 Å². The molecule has 1 fully saturated rings. The molecular formula is C17H28N2O. The van der Waals surface area contributed by atoms with Gasteiger partial charge < -0.3 is 10.1 Å². The predicted molar refractivity (Wildman–Crippen MR) is 82.6 cm³/mol. The van der Waals surface area contributed by atoms with Crippen molar-refractivity contribution in [1.82, 2.24) is 10.3 Å². The zero-order valence-corrected chi connectivity index (χ0v) is 13.4. The van der Waals surface area contributed by atoms with E-state index in [1.165, 1.54) is 0 Å². The highest BCUT2D eigenvalue weighted by molar-refractivity contribution is 5.10. The van der Waals surface area contributed by atoms with Crippen molar-refractivity contribution in [3.05, 3.63) is 30.1 Å². The molecule has 0 radical (unpaired) electrons. The standard InChI is InChI=1S/C17H28N2O/c1-12(2)11-20-16-10-15(17(16,4)5)19-13(3)14-8-6-7-9-18-14/h6-9,12-13,15-16,19H,10-11H2,1-5H3/t13-,15?,16?/m1/s1. The van der Waals surface area contributed by atoms with Gasteiger partial charge in [0.25, 0.3) is 0 Å². The van der Waals surface area contributed by atoms with Gasteiger partial charge in [0.1, 0.15) is 0 Å². The first-order valence-corrected chi connectivity index (χ1v) is 7.70. The molecule has 1 saturated carbocycles. The fourth-order valence-electron chi connectivity index (χ4n) is 2.78. The SMILES string of the molecule is CC(C)COC1CC(N[C@H](C)c2ccccn2)C1(C)C. The molecule has 1 aliphatic carbocycles. The summed E-state index contributed by atoms with van der Waals surface area (Å²) >= 11 is 0. The topological polar surface area (TPSA) is 34.1 Å². The highest BCUT2D eigenvalue weighted by Crippen LogP contribution is 2.43. The van der Waals surface area contributed by atoms with E-state index in [9.17, 15) is 0 Å². The maximum Gasteiger partial charge on any atom is 0.0656 e. The molecule has 20 heavy (non-hydrogen) atoms. The van der Waals surface area contributed by atoms with Crippen LogP contribution in [0.4, 0.5) is 0 Å². The van der Waals surface area contributed by atoms with E-state index in [-0.39, 0.29) is 11.5 Å². The summed E-state index contributed by atoms with van der Waals surface area (Å²) in [6.45, 7) is 12.0. The third-order valence-corrected chi connectivity index (χ3v) is 4.39. The summed E-state index contributed by atoms with van der Waals surface area (Å²) in [6.07, 6.45) is 3.32. The van der Waals surface area contributed by atoms with Crippen molar-refractivity contribution >= 4 is 0 Å². The summed E-state index contributed by atoms with van der Waals surface area (Å²) < 4.78 is 6.02. The highest BCUT2D eigenvalue weighted by atomic mass is 16.5. The van der Waals surface area contributed by atoms with E-state index in [0.29, 0.717) is 18.1 Å². The van der Waals surface area contributed by atoms with Crippen LogP contribution in [0, 0.1) is 11.3 Å². The van der Waals surface area contributed by atoms with Crippen LogP contribution in [-0.4, -0.2) is 23.7 Å². The molecule has 3 nitrogen and oxygen atoms in total. The molecule has 3 atom stereocenters. The van der Waals surface area contributed by atoms with Crippen LogP contribution in [0.5, 0.6) is 0 Å². The Hall–Kier alpha value is -0.930. The van der Waals surface area contributed by atoms with Gasteiger partial charge in [0, 0.05) is 30.3 Å².